The van der Waals surface area contributed by atoms with Gasteiger partial charge in [-0.15, -0.1) is 0 Å². The molecule has 0 fully saturated rings. The van der Waals surface area contributed by atoms with Gasteiger partial charge < -0.3 is 10.6 Å². The standard InChI is InChI=1S/C17H36N2O/c1-13(2)10-12-18-11-8-7-9-16(19-15(5)6)17(20)14(3)4/h13-16,18-19H,7-12H2,1-6H3. The van der Waals surface area contributed by atoms with Crippen LogP contribution in [-0.2, 0) is 4.79 Å². The third-order valence-corrected chi connectivity index (χ3v) is 3.44. The van der Waals surface area contributed by atoms with Crippen LogP contribution >= 0.6 is 0 Å². The third kappa shape index (κ3) is 10.4. The molecule has 3 nitrogen and oxygen atoms in total. The lowest BCUT2D eigenvalue weighted by molar-refractivity contribution is -0.124. The molecular weight excluding hydrogens is 248 g/mol. The maximum atomic E-state index is 12.1. The number of nitrogens with one attached hydrogen (secondary N) is 2. The van der Waals surface area contributed by atoms with Crippen LogP contribution in [0.25, 0.3) is 0 Å². The van der Waals surface area contributed by atoms with Gasteiger partial charge in [-0.3, -0.25) is 4.79 Å². The monoisotopic (exact) mass is 284 g/mol. The van der Waals surface area contributed by atoms with Gasteiger partial charge in [0, 0.05) is 12.0 Å². The van der Waals surface area contributed by atoms with Crippen molar-refractivity contribution in [3.05, 3.63) is 0 Å². The molecule has 0 aromatic carbocycles. The number of ketones is 1. The first kappa shape index (κ1) is 19.6. The van der Waals surface area contributed by atoms with Crippen LogP contribution in [0.2, 0.25) is 0 Å². The molecule has 0 bridgehead atoms. The van der Waals surface area contributed by atoms with Crippen molar-refractivity contribution in [2.24, 2.45) is 11.8 Å². The van der Waals surface area contributed by atoms with Crippen LogP contribution in [0.4, 0.5) is 0 Å². The number of hydrogen-bond donors (Lipinski definition) is 2. The molecule has 2 N–H and O–H groups in total. The van der Waals surface area contributed by atoms with Gasteiger partial charge in [0.2, 0.25) is 0 Å². The zero-order valence-electron chi connectivity index (χ0n) is 14.5. The molecule has 0 aliphatic heterocycles. The fourth-order valence-electron chi connectivity index (χ4n) is 2.23. The molecule has 0 spiro atoms. The highest BCUT2D eigenvalue weighted by atomic mass is 16.1. The van der Waals surface area contributed by atoms with Crippen molar-refractivity contribution >= 4 is 5.78 Å². The Morgan fingerprint density at radius 1 is 0.900 bits per heavy atom. The van der Waals surface area contributed by atoms with Crippen LogP contribution in [0.15, 0.2) is 0 Å². The second-order valence-corrected chi connectivity index (χ2v) is 6.86. The number of unbranched alkanes of at least 4 members (excludes halogenated alkanes) is 1. The van der Waals surface area contributed by atoms with E-state index in [4.69, 9.17) is 0 Å². The predicted octanol–water partition coefficient (Wildman–Crippen LogP) is 3.38. The van der Waals surface area contributed by atoms with E-state index in [-0.39, 0.29) is 12.0 Å². The molecular formula is C17H36N2O. The van der Waals surface area contributed by atoms with E-state index in [1.807, 2.05) is 13.8 Å². The first-order chi connectivity index (χ1) is 9.34. The summed E-state index contributed by atoms with van der Waals surface area (Å²) in [5.41, 5.74) is 0. The zero-order valence-corrected chi connectivity index (χ0v) is 14.5. The van der Waals surface area contributed by atoms with E-state index in [1.54, 1.807) is 0 Å². The minimum absolute atomic E-state index is 0.0330. The van der Waals surface area contributed by atoms with E-state index in [9.17, 15) is 4.79 Å². The predicted molar refractivity (Wildman–Crippen MR) is 88.1 cm³/mol. The topological polar surface area (TPSA) is 41.1 Å². The Balaban J connectivity index is 3.82. The molecule has 0 aromatic heterocycles. The minimum Gasteiger partial charge on any atom is -0.317 e. The molecule has 0 heterocycles. The molecule has 0 amide bonds. The van der Waals surface area contributed by atoms with Gasteiger partial charge in [0.25, 0.3) is 0 Å². The van der Waals surface area contributed by atoms with Crippen molar-refractivity contribution in [1.82, 2.24) is 10.6 Å². The average Bonchev–Trinajstić information content (AvgIpc) is 2.34. The highest BCUT2D eigenvalue weighted by Crippen LogP contribution is 2.08. The quantitative estimate of drug-likeness (QED) is 0.540. The summed E-state index contributed by atoms with van der Waals surface area (Å²) >= 11 is 0. The molecule has 3 heteroatoms. The molecule has 1 unspecified atom stereocenters. The summed E-state index contributed by atoms with van der Waals surface area (Å²) in [6, 6.07) is 0.400. The molecule has 0 radical (unpaired) electrons. The van der Waals surface area contributed by atoms with E-state index in [1.165, 1.54) is 6.42 Å². The SMILES string of the molecule is CC(C)CCNCCCCC(NC(C)C)C(=O)C(C)C. The molecule has 0 aromatic rings. The van der Waals surface area contributed by atoms with Crippen LogP contribution in [0, 0.1) is 11.8 Å². The van der Waals surface area contributed by atoms with Gasteiger partial charge in [-0.25, -0.2) is 0 Å². The van der Waals surface area contributed by atoms with Gasteiger partial charge in [-0.2, -0.15) is 0 Å². The van der Waals surface area contributed by atoms with Crippen molar-refractivity contribution in [3.8, 4) is 0 Å². The van der Waals surface area contributed by atoms with Gasteiger partial charge in [0.1, 0.15) is 0 Å². The highest BCUT2D eigenvalue weighted by Gasteiger charge is 2.20. The van der Waals surface area contributed by atoms with Crippen LogP contribution in [0.1, 0.15) is 67.2 Å². The lowest BCUT2D eigenvalue weighted by atomic mass is 9.96. The third-order valence-electron chi connectivity index (χ3n) is 3.44. The van der Waals surface area contributed by atoms with E-state index in [0.29, 0.717) is 11.8 Å². The molecule has 0 rings (SSSR count). The highest BCUT2D eigenvalue weighted by molar-refractivity contribution is 5.85. The van der Waals surface area contributed by atoms with E-state index in [2.05, 4.69) is 38.3 Å². The Hall–Kier alpha value is -0.410. The summed E-state index contributed by atoms with van der Waals surface area (Å²) in [7, 11) is 0. The van der Waals surface area contributed by atoms with Crippen LogP contribution in [-0.4, -0.2) is 31.0 Å². The number of carbonyl (C=O) groups is 1. The number of carbonyl (C=O) groups excluding carboxylic acids is 1. The fraction of sp³-hybridized carbons (Fsp3) is 0.941. The van der Waals surface area contributed by atoms with Crippen molar-refractivity contribution in [2.45, 2.75) is 79.3 Å². The molecule has 0 aliphatic rings. The molecule has 120 valence electrons. The maximum Gasteiger partial charge on any atom is 0.152 e. The maximum absolute atomic E-state index is 12.1. The number of hydrogen-bond acceptors (Lipinski definition) is 3. The summed E-state index contributed by atoms with van der Waals surface area (Å²) in [4.78, 5) is 12.1. The van der Waals surface area contributed by atoms with Gasteiger partial charge >= 0.3 is 0 Å². The lowest BCUT2D eigenvalue weighted by Gasteiger charge is -2.22. The van der Waals surface area contributed by atoms with Crippen molar-refractivity contribution in [1.29, 1.82) is 0 Å². The Bertz CT molecular complexity index is 249. The van der Waals surface area contributed by atoms with Gasteiger partial charge in [-0.05, 0) is 38.3 Å². The minimum atomic E-state index is 0.0330. The smallest absolute Gasteiger partial charge is 0.152 e. The van der Waals surface area contributed by atoms with Crippen LogP contribution < -0.4 is 10.6 Å². The largest absolute Gasteiger partial charge is 0.317 e. The van der Waals surface area contributed by atoms with E-state index < -0.39 is 0 Å². The average molecular weight is 284 g/mol. The first-order valence-electron chi connectivity index (χ1n) is 8.35. The van der Waals surface area contributed by atoms with Crippen LogP contribution in [0.5, 0.6) is 0 Å². The Kier molecular flexibility index (Phi) is 11.0. The van der Waals surface area contributed by atoms with Crippen LogP contribution in [0.3, 0.4) is 0 Å². The first-order valence-corrected chi connectivity index (χ1v) is 8.35. The van der Waals surface area contributed by atoms with E-state index in [0.717, 1.165) is 38.3 Å². The Morgan fingerprint density at radius 2 is 1.55 bits per heavy atom. The fourth-order valence-corrected chi connectivity index (χ4v) is 2.23. The Morgan fingerprint density at radius 3 is 2.05 bits per heavy atom. The molecule has 20 heavy (non-hydrogen) atoms. The molecule has 0 aliphatic carbocycles. The zero-order chi connectivity index (χ0) is 15.5. The summed E-state index contributed by atoms with van der Waals surface area (Å²) in [5, 5.41) is 6.89. The molecule has 0 saturated heterocycles. The van der Waals surface area contributed by atoms with Gasteiger partial charge in [-0.1, -0.05) is 48.0 Å². The van der Waals surface area contributed by atoms with Crippen molar-refractivity contribution in [2.75, 3.05) is 13.1 Å². The summed E-state index contributed by atoms with van der Waals surface area (Å²) in [6.07, 6.45) is 4.46. The van der Waals surface area contributed by atoms with Crippen molar-refractivity contribution < 1.29 is 4.79 Å². The van der Waals surface area contributed by atoms with Crippen molar-refractivity contribution in [3.63, 3.8) is 0 Å². The van der Waals surface area contributed by atoms with E-state index >= 15 is 0 Å². The Labute approximate surface area is 126 Å². The molecule has 1 atom stereocenters. The normalized spacial score (nSPS) is 13.4. The summed E-state index contributed by atoms with van der Waals surface area (Å²) < 4.78 is 0. The summed E-state index contributed by atoms with van der Waals surface area (Å²) in [6.45, 7) is 14.9. The molecule has 0 saturated carbocycles. The van der Waals surface area contributed by atoms with Gasteiger partial charge in [0.05, 0.1) is 6.04 Å². The lowest BCUT2D eigenvalue weighted by Crippen LogP contribution is -2.42. The second kappa shape index (κ2) is 11.3. The van der Waals surface area contributed by atoms with Gasteiger partial charge in [0.15, 0.2) is 5.78 Å². The number of Topliss-reactive ketones (excluding diaryl/α,β-unsaturated/α-hetero) is 1. The summed E-state index contributed by atoms with van der Waals surface area (Å²) in [5.74, 6) is 1.24. The number of rotatable bonds is 12. The second-order valence-electron chi connectivity index (χ2n) is 6.86.